The Morgan fingerprint density at radius 3 is 3.11 bits per heavy atom. The zero-order chi connectivity index (χ0) is 13.1. The van der Waals surface area contributed by atoms with Crippen molar-refractivity contribution in [3.05, 3.63) is 30.5 Å². The van der Waals surface area contributed by atoms with Gasteiger partial charge in [0.1, 0.15) is 0 Å². The lowest BCUT2D eigenvalue weighted by atomic mass is 10.1. The Kier molecular flexibility index (Phi) is 3.97. The van der Waals surface area contributed by atoms with Gasteiger partial charge in [0.2, 0.25) is 0 Å². The van der Waals surface area contributed by atoms with E-state index in [4.69, 9.17) is 0 Å². The first kappa shape index (κ1) is 12.9. The van der Waals surface area contributed by atoms with Crippen molar-refractivity contribution < 1.29 is 0 Å². The topological polar surface area (TPSA) is 29.0 Å². The number of alkyl halides is 1. The van der Waals surface area contributed by atoms with Crippen molar-refractivity contribution in [1.82, 2.24) is 10.2 Å². The Hall–Kier alpha value is -1.16. The maximum absolute atomic E-state index is 4.22. The normalized spacial score (nSPS) is 19.2. The lowest BCUT2D eigenvalue weighted by Crippen LogP contribution is -2.29. The van der Waals surface area contributed by atoms with Crippen LogP contribution in [0.2, 0.25) is 0 Å². The molecule has 19 heavy (non-hydrogen) atoms. The third kappa shape index (κ3) is 2.59. The Morgan fingerprint density at radius 1 is 1.32 bits per heavy atom. The molecule has 3 rings (SSSR count). The second-order valence-electron chi connectivity index (χ2n) is 5.07. The van der Waals surface area contributed by atoms with Crippen molar-refractivity contribution in [3.8, 4) is 0 Å². The quantitative estimate of drug-likeness (QED) is 0.803. The number of halogens is 1. The van der Waals surface area contributed by atoms with Crippen LogP contribution in [0.1, 0.15) is 25.7 Å². The van der Waals surface area contributed by atoms with E-state index in [1.54, 1.807) is 0 Å². The van der Waals surface area contributed by atoms with Gasteiger partial charge in [0, 0.05) is 23.3 Å². The summed E-state index contributed by atoms with van der Waals surface area (Å²) in [5.41, 5.74) is 2.24. The fraction of sp³-hybridized carbons (Fsp3) is 0.467. The molecule has 0 aliphatic carbocycles. The molecule has 0 radical (unpaired) electrons. The summed E-state index contributed by atoms with van der Waals surface area (Å²) < 4.78 is 0. The van der Waals surface area contributed by atoms with Crippen LogP contribution in [-0.4, -0.2) is 28.1 Å². The number of rotatable bonds is 4. The van der Waals surface area contributed by atoms with E-state index in [1.807, 2.05) is 18.3 Å². The van der Waals surface area contributed by atoms with E-state index in [2.05, 4.69) is 43.2 Å². The SMILES string of the molecule is BrCCCC1CCCN1c1cnnc2ccccc12. The highest BCUT2D eigenvalue weighted by molar-refractivity contribution is 9.09. The van der Waals surface area contributed by atoms with Gasteiger partial charge in [-0.05, 0) is 31.7 Å². The Bertz CT molecular complexity index is 553. The second kappa shape index (κ2) is 5.87. The molecule has 100 valence electrons. The van der Waals surface area contributed by atoms with Gasteiger partial charge in [0.15, 0.2) is 0 Å². The van der Waals surface area contributed by atoms with Crippen LogP contribution in [-0.2, 0) is 0 Å². The highest BCUT2D eigenvalue weighted by atomic mass is 79.9. The van der Waals surface area contributed by atoms with Crippen LogP contribution < -0.4 is 4.90 Å². The number of anilines is 1. The van der Waals surface area contributed by atoms with E-state index in [9.17, 15) is 0 Å². The molecule has 3 nitrogen and oxygen atoms in total. The first-order valence-electron chi connectivity index (χ1n) is 6.93. The highest BCUT2D eigenvalue weighted by Gasteiger charge is 2.25. The Balaban J connectivity index is 1.94. The van der Waals surface area contributed by atoms with Crippen molar-refractivity contribution in [1.29, 1.82) is 0 Å². The van der Waals surface area contributed by atoms with Crippen LogP contribution in [0.4, 0.5) is 5.69 Å². The molecule has 0 bridgehead atoms. The summed E-state index contributed by atoms with van der Waals surface area (Å²) in [6.45, 7) is 1.14. The fourth-order valence-corrected chi connectivity index (χ4v) is 3.31. The molecule has 1 aromatic carbocycles. The minimum absolute atomic E-state index is 0.658. The van der Waals surface area contributed by atoms with Gasteiger partial charge in [0.25, 0.3) is 0 Å². The minimum Gasteiger partial charge on any atom is -0.367 e. The van der Waals surface area contributed by atoms with Gasteiger partial charge in [0.05, 0.1) is 17.4 Å². The van der Waals surface area contributed by atoms with Gasteiger partial charge in [-0.25, -0.2) is 0 Å². The summed E-state index contributed by atoms with van der Waals surface area (Å²) in [5.74, 6) is 0. The molecule has 2 aromatic rings. The van der Waals surface area contributed by atoms with Gasteiger partial charge in [-0.3, -0.25) is 0 Å². The van der Waals surface area contributed by atoms with E-state index in [0.29, 0.717) is 6.04 Å². The maximum atomic E-state index is 4.22. The molecular formula is C15H18BrN3. The summed E-state index contributed by atoms with van der Waals surface area (Å²) in [6, 6.07) is 8.95. The predicted molar refractivity (Wildman–Crippen MR) is 82.9 cm³/mol. The lowest BCUT2D eigenvalue weighted by Gasteiger charge is -2.27. The van der Waals surface area contributed by atoms with E-state index in [-0.39, 0.29) is 0 Å². The third-order valence-corrected chi connectivity index (χ3v) is 4.44. The lowest BCUT2D eigenvalue weighted by molar-refractivity contribution is 0.604. The molecule has 2 heterocycles. The smallest absolute Gasteiger partial charge is 0.0950 e. The average molecular weight is 320 g/mol. The average Bonchev–Trinajstić information content (AvgIpc) is 2.92. The van der Waals surface area contributed by atoms with Crippen LogP contribution >= 0.6 is 15.9 Å². The molecule has 0 saturated carbocycles. The van der Waals surface area contributed by atoms with Crippen LogP contribution in [0, 0.1) is 0 Å². The Labute approximate surface area is 122 Å². The molecule has 0 amide bonds. The van der Waals surface area contributed by atoms with Crippen LogP contribution in [0.15, 0.2) is 30.5 Å². The predicted octanol–water partition coefficient (Wildman–Crippen LogP) is 3.77. The number of benzene rings is 1. The van der Waals surface area contributed by atoms with Crippen molar-refractivity contribution in [3.63, 3.8) is 0 Å². The maximum Gasteiger partial charge on any atom is 0.0950 e. The van der Waals surface area contributed by atoms with Crippen LogP contribution in [0.5, 0.6) is 0 Å². The van der Waals surface area contributed by atoms with Crippen LogP contribution in [0.25, 0.3) is 10.9 Å². The zero-order valence-electron chi connectivity index (χ0n) is 10.9. The minimum atomic E-state index is 0.658. The van der Waals surface area contributed by atoms with E-state index in [1.165, 1.54) is 36.8 Å². The highest BCUT2D eigenvalue weighted by Crippen LogP contribution is 2.32. The first-order chi connectivity index (χ1) is 9.40. The van der Waals surface area contributed by atoms with Gasteiger partial charge in [-0.2, -0.15) is 10.2 Å². The number of hydrogen-bond acceptors (Lipinski definition) is 3. The summed E-state index contributed by atoms with van der Waals surface area (Å²) in [5, 5.41) is 10.7. The Morgan fingerprint density at radius 2 is 2.21 bits per heavy atom. The molecule has 0 N–H and O–H groups in total. The summed E-state index contributed by atoms with van der Waals surface area (Å²) >= 11 is 3.53. The monoisotopic (exact) mass is 319 g/mol. The van der Waals surface area contributed by atoms with Gasteiger partial charge < -0.3 is 4.90 Å². The van der Waals surface area contributed by atoms with Crippen molar-refractivity contribution in [2.45, 2.75) is 31.7 Å². The molecule has 1 atom stereocenters. The fourth-order valence-electron chi connectivity index (χ4n) is 2.99. The largest absolute Gasteiger partial charge is 0.367 e. The van der Waals surface area contributed by atoms with Gasteiger partial charge in [-0.1, -0.05) is 34.1 Å². The van der Waals surface area contributed by atoms with Crippen molar-refractivity contribution >= 4 is 32.5 Å². The summed E-state index contributed by atoms with van der Waals surface area (Å²) in [4.78, 5) is 2.53. The van der Waals surface area contributed by atoms with Crippen molar-refractivity contribution in [2.24, 2.45) is 0 Å². The number of aromatic nitrogens is 2. The number of hydrogen-bond donors (Lipinski definition) is 0. The molecular weight excluding hydrogens is 302 g/mol. The van der Waals surface area contributed by atoms with Crippen LogP contribution in [0.3, 0.4) is 0 Å². The van der Waals surface area contributed by atoms with Gasteiger partial charge >= 0.3 is 0 Å². The summed E-state index contributed by atoms with van der Waals surface area (Å²) in [7, 11) is 0. The molecule has 4 heteroatoms. The van der Waals surface area contributed by atoms with E-state index in [0.717, 1.165) is 17.4 Å². The molecule has 0 spiro atoms. The summed E-state index contributed by atoms with van der Waals surface area (Å²) in [6.07, 6.45) is 6.99. The van der Waals surface area contributed by atoms with Gasteiger partial charge in [-0.15, -0.1) is 0 Å². The first-order valence-corrected chi connectivity index (χ1v) is 8.05. The van der Waals surface area contributed by atoms with E-state index < -0.39 is 0 Å². The molecule has 1 aromatic heterocycles. The molecule has 1 fully saturated rings. The molecule has 1 unspecified atom stereocenters. The number of fused-ring (bicyclic) bond motifs is 1. The zero-order valence-corrected chi connectivity index (χ0v) is 12.5. The van der Waals surface area contributed by atoms with E-state index >= 15 is 0 Å². The molecule has 1 aliphatic heterocycles. The number of nitrogens with zero attached hydrogens (tertiary/aromatic N) is 3. The molecule has 1 aliphatic rings. The second-order valence-corrected chi connectivity index (χ2v) is 5.86. The molecule has 1 saturated heterocycles. The third-order valence-electron chi connectivity index (χ3n) is 3.88. The standard InChI is InChI=1S/C15H18BrN3/c16-9-3-5-12-6-4-10-19(12)15-11-17-18-14-8-2-1-7-13(14)15/h1-2,7-8,11-12H,3-6,9-10H2. The van der Waals surface area contributed by atoms with Crippen molar-refractivity contribution in [2.75, 3.05) is 16.8 Å².